The highest BCUT2D eigenvalue weighted by Gasteiger charge is 2.20. The number of para-hydroxylation sites is 1. The van der Waals surface area contributed by atoms with Gasteiger partial charge in [0.05, 0.1) is 7.11 Å². The number of benzene rings is 1. The molecule has 0 saturated heterocycles. The van der Waals surface area contributed by atoms with Gasteiger partial charge in [-0.15, -0.1) is 0 Å². The highest BCUT2D eigenvalue weighted by atomic mass is 16.5. The van der Waals surface area contributed by atoms with Crippen molar-refractivity contribution in [3.63, 3.8) is 0 Å². The van der Waals surface area contributed by atoms with Gasteiger partial charge >= 0.3 is 6.09 Å². The smallest absolute Gasteiger partial charge is 0.413 e. The third-order valence-electron chi connectivity index (χ3n) is 2.89. The minimum Gasteiger partial charge on any atom is -0.452 e. The van der Waals surface area contributed by atoms with Gasteiger partial charge in [-0.1, -0.05) is 18.2 Å². The molecule has 19 heavy (non-hydrogen) atoms. The van der Waals surface area contributed by atoms with E-state index in [-0.39, 0.29) is 5.91 Å². The zero-order valence-corrected chi connectivity index (χ0v) is 10.8. The number of hydrogen-bond acceptors (Lipinski definition) is 3. The second-order valence-corrected chi connectivity index (χ2v) is 4.24. The number of methoxy groups -OCH3 is 1. The van der Waals surface area contributed by atoms with Gasteiger partial charge in [-0.05, 0) is 25.0 Å². The molecule has 1 N–H and O–H groups in total. The molecule has 0 unspecified atom stereocenters. The number of amides is 2. The molecule has 5 heteroatoms. The van der Waals surface area contributed by atoms with Crippen LogP contribution in [0.1, 0.15) is 12.8 Å². The van der Waals surface area contributed by atoms with Crippen LogP contribution in [0.15, 0.2) is 42.1 Å². The topological polar surface area (TPSA) is 58.6 Å². The van der Waals surface area contributed by atoms with Gasteiger partial charge in [-0.25, -0.2) is 4.79 Å². The van der Waals surface area contributed by atoms with Crippen molar-refractivity contribution in [2.75, 3.05) is 19.0 Å². The molecular formula is C14H16N2O3. The average molecular weight is 260 g/mol. The zero-order chi connectivity index (χ0) is 13.7. The lowest BCUT2D eigenvalue weighted by Gasteiger charge is -2.23. The van der Waals surface area contributed by atoms with Crippen LogP contribution in [0.2, 0.25) is 0 Å². The molecule has 2 amide bonds. The van der Waals surface area contributed by atoms with Gasteiger partial charge in [-0.3, -0.25) is 9.69 Å². The maximum Gasteiger partial charge on any atom is 0.413 e. The Bertz CT molecular complexity index is 497. The molecule has 0 atom stereocenters. The quantitative estimate of drug-likeness (QED) is 0.888. The molecule has 1 aliphatic heterocycles. The fourth-order valence-corrected chi connectivity index (χ4v) is 1.92. The first kappa shape index (κ1) is 13.1. The van der Waals surface area contributed by atoms with Crippen LogP contribution in [0.5, 0.6) is 0 Å². The Kier molecular flexibility index (Phi) is 4.18. The molecule has 0 saturated carbocycles. The van der Waals surface area contributed by atoms with Gasteiger partial charge in [0.1, 0.15) is 0 Å². The lowest BCUT2D eigenvalue weighted by Crippen LogP contribution is -2.31. The van der Waals surface area contributed by atoms with E-state index in [0.717, 1.165) is 12.1 Å². The van der Waals surface area contributed by atoms with Crippen LogP contribution in [0.25, 0.3) is 0 Å². The first-order chi connectivity index (χ1) is 9.20. The molecule has 0 aromatic heterocycles. The largest absolute Gasteiger partial charge is 0.452 e. The van der Waals surface area contributed by atoms with E-state index in [0.29, 0.717) is 18.5 Å². The fraction of sp³-hybridized carbons (Fsp3) is 0.286. The Balaban J connectivity index is 2.06. The molecule has 0 fully saturated rings. The van der Waals surface area contributed by atoms with Crippen LogP contribution >= 0.6 is 0 Å². The molecule has 0 spiro atoms. The van der Waals surface area contributed by atoms with Gasteiger partial charge in [0.25, 0.3) is 5.91 Å². The Labute approximate surface area is 111 Å². The van der Waals surface area contributed by atoms with Crippen molar-refractivity contribution >= 4 is 17.7 Å². The van der Waals surface area contributed by atoms with E-state index in [2.05, 4.69) is 10.1 Å². The summed E-state index contributed by atoms with van der Waals surface area (Å²) >= 11 is 0. The summed E-state index contributed by atoms with van der Waals surface area (Å²) in [6, 6.07) is 9.23. The standard InChI is InChI=1S/C14H16N2O3/c1-19-14(18)16-9-5-6-11(10-16)13(17)15-12-7-3-2-4-8-12/h2-4,7-8,10H,5-6,9H2,1H3,(H,15,17). The van der Waals surface area contributed by atoms with Crippen LogP contribution in [-0.4, -0.2) is 30.6 Å². The van der Waals surface area contributed by atoms with Crippen LogP contribution < -0.4 is 5.32 Å². The van der Waals surface area contributed by atoms with Crippen molar-refractivity contribution in [3.05, 3.63) is 42.1 Å². The Morgan fingerprint density at radius 2 is 2.00 bits per heavy atom. The third kappa shape index (κ3) is 3.34. The zero-order valence-electron chi connectivity index (χ0n) is 10.8. The number of anilines is 1. The van der Waals surface area contributed by atoms with Crippen LogP contribution in [0.3, 0.4) is 0 Å². The van der Waals surface area contributed by atoms with Crippen molar-refractivity contribution in [2.45, 2.75) is 12.8 Å². The summed E-state index contributed by atoms with van der Waals surface area (Å²) in [5, 5.41) is 2.80. The lowest BCUT2D eigenvalue weighted by atomic mass is 10.1. The van der Waals surface area contributed by atoms with E-state index >= 15 is 0 Å². The lowest BCUT2D eigenvalue weighted by molar-refractivity contribution is -0.113. The van der Waals surface area contributed by atoms with E-state index in [1.807, 2.05) is 30.3 Å². The highest BCUT2D eigenvalue weighted by molar-refractivity contribution is 6.03. The van der Waals surface area contributed by atoms with E-state index in [1.165, 1.54) is 12.0 Å². The van der Waals surface area contributed by atoms with Crippen LogP contribution in [0.4, 0.5) is 10.5 Å². The highest BCUT2D eigenvalue weighted by Crippen LogP contribution is 2.17. The number of ether oxygens (including phenoxy) is 1. The first-order valence-corrected chi connectivity index (χ1v) is 6.12. The summed E-state index contributed by atoms with van der Waals surface area (Å²) in [7, 11) is 1.33. The summed E-state index contributed by atoms with van der Waals surface area (Å²) in [4.78, 5) is 24.9. The summed E-state index contributed by atoms with van der Waals surface area (Å²) in [6.07, 6.45) is 2.54. The van der Waals surface area contributed by atoms with E-state index in [4.69, 9.17) is 0 Å². The van der Waals surface area contributed by atoms with Gasteiger partial charge in [-0.2, -0.15) is 0 Å². The fourth-order valence-electron chi connectivity index (χ4n) is 1.92. The average Bonchev–Trinajstić information content (AvgIpc) is 2.47. The van der Waals surface area contributed by atoms with Gasteiger partial charge in [0.15, 0.2) is 0 Å². The second kappa shape index (κ2) is 6.04. The first-order valence-electron chi connectivity index (χ1n) is 6.12. The van der Waals surface area contributed by atoms with Gasteiger partial charge < -0.3 is 10.1 Å². The molecule has 5 nitrogen and oxygen atoms in total. The number of carbonyl (C=O) groups is 2. The van der Waals surface area contributed by atoms with Crippen molar-refractivity contribution < 1.29 is 14.3 Å². The predicted octanol–water partition coefficient (Wildman–Crippen LogP) is 2.37. The van der Waals surface area contributed by atoms with Crippen molar-refractivity contribution in [1.82, 2.24) is 4.90 Å². The number of carbonyl (C=O) groups excluding carboxylic acids is 2. The predicted molar refractivity (Wildman–Crippen MR) is 71.5 cm³/mol. The minimum absolute atomic E-state index is 0.181. The molecule has 100 valence electrons. The number of nitrogens with one attached hydrogen (secondary N) is 1. The monoisotopic (exact) mass is 260 g/mol. The Hall–Kier alpha value is -2.30. The Morgan fingerprint density at radius 1 is 1.26 bits per heavy atom. The molecule has 2 rings (SSSR count). The number of rotatable bonds is 2. The third-order valence-corrected chi connectivity index (χ3v) is 2.89. The summed E-state index contributed by atoms with van der Waals surface area (Å²) in [5.41, 5.74) is 1.32. The summed E-state index contributed by atoms with van der Waals surface area (Å²) in [5.74, 6) is -0.181. The maximum atomic E-state index is 12.1. The number of nitrogens with zero attached hydrogens (tertiary/aromatic N) is 1. The van der Waals surface area contributed by atoms with E-state index < -0.39 is 6.09 Å². The van der Waals surface area contributed by atoms with Crippen molar-refractivity contribution in [2.24, 2.45) is 0 Å². The molecule has 1 aliphatic rings. The molecule has 0 radical (unpaired) electrons. The second-order valence-electron chi connectivity index (χ2n) is 4.24. The molecule has 1 heterocycles. The summed E-state index contributed by atoms with van der Waals surface area (Å²) in [6.45, 7) is 0.578. The SMILES string of the molecule is COC(=O)N1C=C(C(=O)Nc2ccccc2)CCC1. The van der Waals surface area contributed by atoms with Gasteiger partial charge in [0, 0.05) is 24.0 Å². The Morgan fingerprint density at radius 3 is 2.68 bits per heavy atom. The summed E-state index contributed by atoms with van der Waals surface area (Å²) < 4.78 is 4.65. The molecular weight excluding hydrogens is 244 g/mol. The molecule has 0 aliphatic carbocycles. The minimum atomic E-state index is -0.440. The van der Waals surface area contributed by atoms with Crippen LogP contribution in [0, 0.1) is 0 Å². The maximum absolute atomic E-state index is 12.1. The van der Waals surface area contributed by atoms with Gasteiger partial charge in [0.2, 0.25) is 0 Å². The molecule has 1 aromatic carbocycles. The van der Waals surface area contributed by atoms with Crippen molar-refractivity contribution in [3.8, 4) is 0 Å². The normalized spacial score (nSPS) is 14.6. The van der Waals surface area contributed by atoms with Crippen LogP contribution in [-0.2, 0) is 9.53 Å². The molecule has 0 bridgehead atoms. The number of hydrogen-bond donors (Lipinski definition) is 1. The van der Waals surface area contributed by atoms with E-state index in [1.54, 1.807) is 6.20 Å². The van der Waals surface area contributed by atoms with Crippen molar-refractivity contribution in [1.29, 1.82) is 0 Å². The van der Waals surface area contributed by atoms with E-state index in [9.17, 15) is 9.59 Å². The molecule has 1 aromatic rings.